The third-order valence-electron chi connectivity index (χ3n) is 4.71. The molecule has 0 unspecified atom stereocenters. The molecule has 0 bridgehead atoms. The predicted octanol–water partition coefficient (Wildman–Crippen LogP) is 4.26. The molecule has 22 heavy (non-hydrogen) atoms. The maximum absolute atomic E-state index is 12.8. The Morgan fingerprint density at radius 1 is 1.14 bits per heavy atom. The molecule has 1 aliphatic carbocycles. The minimum absolute atomic E-state index is 0.0664. The summed E-state index contributed by atoms with van der Waals surface area (Å²) in [5.41, 5.74) is 1.80. The van der Waals surface area contributed by atoms with Crippen LogP contribution in [0.15, 0.2) is 29.3 Å². The standard InChI is InChI=1S/C17H19Cl2NO2/c1-17(2,10-7-11(18)9-12(19)8-10)20-15(21)13-5-3-4-6-14(13)16(20)22/h7-9,15,21H,3-6H2,1-2H3/t15-/m0/s1. The zero-order chi connectivity index (χ0) is 16.1. The fourth-order valence-electron chi connectivity index (χ4n) is 3.48. The zero-order valence-corrected chi connectivity index (χ0v) is 14.2. The van der Waals surface area contributed by atoms with Gasteiger partial charge in [-0.3, -0.25) is 4.79 Å². The molecule has 0 saturated carbocycles. The summed E-state index contributed by atoms with van der Waals surface area (Å²) in [5.74, 6) is -0.0664. The van der Waals surface area contributed by atoms with Crippen LogP contribution in [-0.4, -0.2) is 22.1 Å². The van der Waals surface area contributed by atoms with E-state index in [2.05, 4.69) is 0 Å². The van der Waals surface area contributed by atoms with Crippen molar-refractivity contribution in [2.75, 3.05) is 0 Å². The Morgan fingerprint density at radius 2 is 1.73 bits per heavy atom. The van der Waals surface area contributed by atoms with Crippen molar-refractivity contribution in [3.05, 3.63) is 45.0 Å². The molecule has 0 saturated heterocycles. The van der Waals surface area contributed by atoms with Crippen LogP contribution in [0.25, 0.3) is 0 Å². The molecular weight excluding hydrogens is 321 g/mol. The van der Waals surface area contributed by atoms with E-state index < -0.39 is 11.8 Å². The molecule has 3 nitrogen and oxygen atoms in total. The van der Waals surface area contributed by atoms with Crippen molar-refractivity contribution < 1.29 is 9.90 Å². The number of rotatable bonds is 2. The van der Waals surface area contributed by atoms with Gasteiger partial charge in [0.2, 0.25) is 0 Å². The van der Waals surface area contributed by atoms with Crippen molar-refractivity contribution in [1.29, 1.82) is 0 Å². The quantitative estimate of drug-likeness (QED) is 0.874. The largest absolute Gasteiger partial charge is 0.369 e. The normalized spacial score (nSPS) is 22.3. The van der Waals surface area contributed by atoms with E-state index in [9.17, 15) is 9.90 Å². The lowest BCUT2D eigenvalue weighted by molar-refractivity contribution is -0.140. The molecule has 1 N–H and O–H groups in total. The van der Waals surface area contributed by atoms with Crippen LogP contribution in [0.5, 0.6) is 0 Å². The Labute approximate surface area is 140 Å². The van der Waals surface area contributed by atoms with E-state index in [1.165, 1.54) is 0 Å². The maximum Gasteiger partial charge on any atom is 0.252 e. The van der Waals surface area contributed by atoms with Crippen molar-refractivity contribution in [3.63, 3.8) is 0 Å². The monoisotopic (exact) mass is 339 g/mol. The first-order chi connectivity index (χ1) is 10.3. The number of carbonyl (C=O) groups excluding carboxylic acids is 1. The molecule has 1 aromatic rings. The third kappa shape index (κ3) is 2.45. The highest BCUT2D eigenvalue weighted by Gasteiger charge is 2.46. The second-order valence-electron chi connectivity index (χ2n) is 6.48. The molecule has 1 heterocycles. The fourth-order valence-corrected chi connectivity index (χ4v) is 4.00. The Balaban J connectivity index is 2.01. The number of hydrogen-bond acceptors (Lipinski definition) is 2. The average molecular weight is 340 g/mol. The Morgan fingerprint density at radius 3 is 2.32 bits per heavy atom. The van der Waals surface area contributed by atoms with E-state index in [4.69, 9.17) is 23.2 Å². The summed E-state index contributed by atoms with van der Waals surface area (Å²) < 4.78 is 0. The molecular formula is C17H19Cl2NO2. The van der Waals surface area contributed by atoms with Gasteiger partial charge in [-0.2, -0.15) is 0 Å². The van der Waals surface area contributed by atoms with Crippen LogP contribution < -0.4 is 0 Å². The van der Waals surface area contributed by atoms with Crippen molar-refractivity contribution >= 4 is 29.1 Å². The van der Waals surface area contributed by atoms with E-state index >= 15 is 0 Å². The minimum Gasteiger partial charge on any atom is -0.369 e. The molecule has 2 aliphatic rings. The number of carbonyl (C=O) groups is 1. The lowest BCUT2D eigenvalue weighted by Crippen LogP contribution is -2.48. The Bertz CT molecular complexity index is 646. The molecule has 3 rings (SSSR count). The molecule has 0 fully saturated rings. The highest BCUT2D eigenvalue weighted by atomic mass is 35.5. The highest BCUT2D eigenvalue weighted by Crippen LogP contribution is 2.42. The number of benzene rings is 1. The van der Waals surface area contributed by atoms with Gasteiger partial charge in [-0.05, 0) is 68.9 Å². The molecule has 118 valence electrons. The summed E-state index contributed by atoms with van der Waals surface area (Å²) in [4.78, 5) is 14.3. The van der Waals surface area contributed by atoms with Crippen LogP contribution in [0.1, 0.15) is 45.1 Å². The lowest BCUT2D eigenvalue weighted by atomic mass is 9.92. The van der Waals surface area contributed by atoms with Crippen molar-refractivity contribution in [1.82, 2.24) is 4.90 Å². The summed E-state index contributed by atoms with van der Waals surface area (Å²) in [7, 11) is 0. The summed E-state index contributed by atoms with van der Waals surface area (Å²) in [6.45, 7) is 3.82. The SMILES string of the molecule is CC(C)(c1cc(Cl)cc(Cl)c1)N1C(=O)C2=C(CCCC2)[C@@H]1O. The number of aliphatic hydroxyl groups is 1. The molecule has 1 atom stereocenters. The van der Waals surface area contributed by atoms with Gasteiger partial charge in [-0.25, -0.2) is 0 Å². The smallest absolute Gasteiger partial charge is 0.252 e. The van der Waals surface area contributed by atoms with Gasteiger partial charge in [0.15, 0.2) is 6.23 Å². The number of halogens is 2. The van der Waals surface area contributed by atoms with Crippen LogP contribution in [0.2, 0.25) is 10.0 Å². The molecule has 5 heteroatoms. The van der Waals surface area contributed by atoms with Gasteiger partial charge in [0.25, 0.3) is 5.91 Å². The molecule has 1 aromatic carbocycles. The minimum atomic E-state index is -0.851. The van der Waals surface area contributed by atoms with Gasteiger partial charge in [0, 0.05) is 15.6 Å². The number of nitrogens with zero attached hydrogens (tertiary/aromatic N) is 1. The van der Waals surface area contributed by atoms with Crippen molar-refractivity contribution in [2.24, 2.45) is 0 Å². The van der Waals surface area contributed by atoms with Gasteiger partial charge in [-0.1, -0.05) is 23.2 Å². The molecule has 0 radical (unpaired) electrons. The molecule has 0 aromatic heterocycles. The van der Waals surface area contributed by atoms with Crippen LogP contribution in [0, 0.1) is 0 Å². The van der Waals surface area contributed by atoms with Crippen LogP contribution in [0.4, 0.5) is 0 Å². The van der Waals surface area contributed by atoms with E-state index in [1.54, 1.807) is 23.1 Å². The summed E-state index contributed by atoms with van der Waals surface area (Å²) >= 11 is 12.2. The Hall–Kier alpha value is -1.03. The van der Waals surface area contributed by atoms with Crippen molar-refractivity contribution in [3.8, 4) is 0 Å². The second kappa shape index (κ2) is 5.55. The van der Waals surface area contributed by atoms with E-state index in [0.29, 0.717) is 10.0 Å². The van der Waals surface area contributed by atoms with Gasteiger partial charge in [-0.15, -0.1) is 0 Å². The van der Waals surface area contributed by atoms with Gasteiger partial charge in [0.1, 0.15) is 0 Å². The summed E-state index contributed by atoms with van der Waals surface area (Å²) in [6, 6.07) is 5.25. The molecule has 1 aliphatic heterocycles. The number of amides is 1. The summed E-state index contributed by atoms with van der Waals surface area (Å²) in [5, 5.41) is 11.7. The van der Waals surface area contributed by atoms with E-state index in [1.807, 2.05) is 13.8 Å². The number of aliphatic hydroxyl groups excluding tert-OH is 1. The first-order valence-corrected chi connectivity index (χ1v) is 8.28. The first kappa shape index (κ1) is 15.9. The third-order valence-corrected chi connectivity index (χ3v) is 5.15. The van der Waals surface area contributed by atoms with Crippen LogP contribution in [0.3, 0.4) is 0 Å². The molecule has 1 amide bonds. The van der Waals surface area contributed by atoms with Crippen LogP contribution in [-0.2, 0) is 10.3 Å². The topological polar surface area (TPSA) is 40.5 Å². The predicted molar refractivity (Wildman–Crippen MR) is 87.8 cm³/mol. The van der Waals surface area contributed by atoms with Gasteiger partial charge < -0.3 is 10.0 Å². The fraction of sp³-hybridized carbons (Fsp3) is 0.471. The second-order valence-corrected chi connectivity index (χ2v) is 7.35. The summed E-state index contributed by atoms with van der Waals surface area (Å²) in [6.07, 6.45) is 2.74. The van der Waals surface area contributed by atoms with Crippen molar-refractivity contribution in [2.45, 2.75) is 51.3 Å². The lowest BCUT2D eigenvalue weighted by Gasteiger charge is -2.39. The number of hydrogen-bond donors (Lipinski definition) is 1. The van der Waals surface area contributed by atoms with E-state index in [0.717, 1.165) is 42.4 Å². The zero-order valence-electron chi connectivity index (χ0n) is 12.7. The van der Waals surface area contributed by atoms with Gasteiger partial charge >= 0.3 is 0 Å². The van der Waals surface area contributed by atoms with Gasteiger partial charge in [0.05, 0.1) is 5.54 Å². The average Bonchev–Trinajstić information content (AvgIpc) is 2.71. The van der Waals surface area contributed by atoms with Crippen LogP contribution >= 0.6 is 23.2 Å². The van der Waals surface area contributed by atoms with E-state index in [-0.39, 0.29) is 5.91 Å². The highest BCUT2D eigenvalue weighted by molar-refractivity contribution is 6.34. The Kier molecular flexibility index (Phi) is 4.00. The molecule has 0 spiro atoms. The maximum atomic E-state index is 12.8. The first-order valence-electron chi connectivity index (χ1n) is 7.52.